The van der Waals surface area contributed by atoms with Crippen molar-refractivity contribution >= 4 is 35.8 Å². The van der Waals surface area contributed by atoms with Gasteiger partial charge in [-0.25, -0.2) is 4.98 Å². The number of piperidine rings is 1. The quantitative estimate of drug-likeness (QED) is 0.273. The molecule has 0 aliphatic carbocycles. The average Bonchev–Trinajstić information content (AvgIpc) is 2.80. The van der Waals surface area contributed by atoms with E-state index in [-0.39, 0.29) is 24.0 Å². The number of nitrogens with zero attached hydrogens (tertiary/aromatic N) is 3. The summed E-state index contributed by atoms with van der Waals surface area (Å²) in [7, 11) is 0. The number of ether oxygens (including phenoxy) is 1. The second kappa shape index (κ2) is 14.2. The molecule has 0 spiro atoms. The third-order valence-corrected chi connectivity index (χ3v) is 5.33. The zero-order chi connectivity index (χ0) is 21.9. The van der Waals surface area contributed by atoms with Crippen molar-refractivity contribution in [2.24, 2.45) is 10.9 Å². The normalized spacial score (nSPS) is 14.8. The molecule has 2 heterocycles. The Labute approximate surface area is 210 Å². The zero-order valence-corrected chi connectivity index (χ0v) is 21.9. The van der Waals surface area contributed by atoms with Crippen LogP contribution in [-0.2, 0) is 6.42 Å². The minimum absolute atomic E-state index is 0. The Morgan fingerprint density at radius 1 is 1.16 bits per heavy atom. The maximum Gasteiger partial charge on any atom is 0.191 e. The monoisotopic (exact) mass is 551 g/mol. The number of nitrogens with one attached hydrogen (secondary N) is 2. The first kappa shape index (κ1) is 26.2. The van der Waals surface area contributed by atoms with E-state index in [1.165, 1.54) is 5.56 Å². The summed E-state index contributed by atoms with van der Waals surface area (Å²) in [6.07, 6.45) is 4.94. The van der Waals surface area contributed by atoms with E-state index >= 15 is 0 Å². The fourth-order valence-corrected chi connectivity index (χ4v) is 3.62. The maximum atomic E-state index is 5.76. The van der Waals surface area contributed by atoms with Gasteiger partial charge < -0.3 is 20.3 Å². The summed E-state index contributed by atoms with van der Waals surface area (Å²) in [6.45, 7) is 10.8. The van der Waals surface area contributed by atoms with Crippen LogP contribution in [-0.4, -0.2) is 49.8 Å². The van der Waals surface area contributed by atoms with Crippen LogP contribution in [0.25, 0.3) is 0 Å². The molecule has 0 radical (unpaired) electrons. The molecule has 0 bridgehead atoms. The van der Waals surface area contributed by atoms with Gasteiger partial charge in [0.2, 0.25) is 0 Å². The smallest absolute Gasteiger partial charge is 0.191 e. The van der Waals surface area contributed by atoms with Gasteiger partial charge in [-0.3, -0.25) is 4.99 Å². The summed E-state index contributed by atoms with van der Waals surface area (Å²) in [6, 6.07) is 14.9. The Bertz CT molecular complexity index is 790. The number of hydrogen-bond acceptors (Lipinski definition) is 4. The second-order valence-electron chi connectivity index (χ2n) is 8.45. The number of aliphatic imine (C=N–C) groups is 1. The number of anilines is 1. The first-order valence-electron chi connectivity index (χ1n) is 11.6. The molecule has 1 aromatic heterocycles. The molecule has 176 valence electrons. The Morgan fingerprint density at radius 2 is 1.91 bits per heavy atom. The molecule has 0 amide bonds. The summed E-state index contributed by atoms with van der Waals surface area (Å²) in [5.41, 5.74) is 1.28. The number of benzene rings is 1. The van der Waals surface area contributed by atoms with Crippen LogP contribution in [0.2, 0.25) is 0 Å². The molecule has 7 heteroatoms. The third kappa shape index (κ3) is 8.84. The number of guanidine groups is 1. The van der Waals surface area contributed by atoms with Crippen LogP contribution in [0.4, 0.5) is 5.82 Å². The minimum Gasteiger partial charge on any atom is -0.493 e. The lowest BCUT2D eigenvalue weighted by molar-refractivity contribution is 0.271. The molecule has 6 nitrogen and oxygen atoms in total. The van der Waals surface area contributed by atoms with Crippen molar-refractivity contribution in [3.63, 3.8) is 0 Å². The van der Waals surface area contributed by atoms with Crippen LogP contribution < -0.4 is 20.3 Å². The van der Waals surface area contributed by atoms with Crippen molar-refractivity contribution in [2.45, 2.75) is 46.1 Å². The topological polar surface area (TPSA) is 61.8 Å². The van der Waals surface area contributed by atoms with Crippen molar-refractivity contribution in [1.29, 1.82) is 0 Å². The van der Waals surface area contributed by atoms with Gasteiger partial charge >= 0.3 is 0 Å². The molecule has 1 saturated heterocycles. The number of rotatable bonds is 9. The van der Waals surface area contributed by atoms with Crippen LogP contribution in [0.5, 0.6) is 5.75 Å². The van der Waals surface area contributed by atoms with Crippen molar-refractivity contribution in [3.05, 3.63) is 54.2 Å². The third-order valence-electron chi connectivity index (χ3n) is 5.33. The minimum atomic E-state index is 0. The summed E-state index contributed by atoms with van der Waals surface area (Å²) >= 11 is 0. The lowest BCUT2D eigenvalue weighted by atomic mass is 10.1. The highest BCUT2D eigenvalue weighted by Crippen LogP contribution is 2.17. The van der Waals surface area contributed by atoms with E-state index in [4.69, 9.17) is 9.73 Å². The Kier molecular flexibility index (Phi) is 11.6. The molecule has 0 atom stereocenters. The molecule has 0 unspecified atom stereocenters. The summed E-state index contributed by atoms with van der Waals surface area (Å²) in [4.78, 5) is 11.6. The molecule has 1 aromatic carbocycles. The van der Waals surface area contributed by atoms with E-state index < -0.39 is 0 Å². The molecule has 1 aliphatic rings. The van der Waals surface area contributed by atoms with Crippen LogP contribution in [0, 0.1) is 5.92 Å². The van der Waals surface area contributed by atoms with Crippen LogP contribution >= 0.6 is 24.0 Å². The number of pyridine rings is 1. The Morgan fingerprint density at radius 3 is 2.53 bits per heavy atom. The lowest BCUT2D eigenvalue weighted by Gasteiger charge is -2.33. The van der Waals surface area contributed by atoms with Gasteiger partial charge in [0.1, 0.15) is 11.6 Å². The predicted octanol–water partition coefficient (Wildman–Crippen LogP) is 4.50. The van der Waals surface area contributed by atoms with E-state index in [9.17, 15) is 0 Å². The number of aromatic nitrogens is 1. The van der Waals surface area contributed by atoms with Crippen LogP contribution in [0.15, 0.2) is 53.7 Å². The highest BCUT2D eigenvalue weighted by Gasteiger charge is 2.20. The Hall–Kier alpha value is -2.03. The van der Waals surface area contributed by atoms with Crippen molar-refractivity contribution in [2.75, 3.05) is 37.7 Å². The van der Waals surface area contributed by atoms with Crippen molar-refractivity contribution < 1.29 is 4.74 Å². The van der Waals surface area contributed by atoms with E-state index in [2.05, 4.69) is 77.7 Å². The molecule has 3 rings (SSSR count). The SMILES string of the molecule is CCNC(=NCCc1ccc(OCC(C)C)cc1)NC1CCN(c2ccccn2)CC1.I. The van der Waals surface area contributed by atoms with Gasteiger partial charge in [0.15, 0.2) is 5.96 Å². The highest BCUT2D eigenvalue weighted by molar-refractivity contribution is 14.0. The maximum absolute atomic E-state index is 5.76. The zero-order valence-electron chi connectivity index (χ0n) is 19.6. The van der Waals surface area contributed by atoms with Gasteiger partial charge in [-0.1, -0.05) is 32.0 Å². The predicted molar refractivity (Wildman–Crippen MR) is 144 cm³/mol. The van der Waals surface area contributed by atoms with Gasteiger partial charge in [-0.2, -0.15) is 0 Å². The van der Waals surface area contributed by atoms with Gasteiger partial charge in [0.05, 0.1) is 6.61 Å². The van der Waals surface area contributed by atoms with Crippen molar-refractivity contribution in [1.82, 2.24) is 15.6 Å². The van der Waals surface area contributed by atoms with E-state index in [0.29, 0.717) is 12.0 Å². The molecule has 1 fully saturated rings. The molecule has 2 N–H and O–H groups in total. The number of halogens is 1. The molecule has 0 saturated carbocycles. The largest absolute Gasteiger partial charge is 0.493 e. The summed E-state index contributed by atoms with van der Waals surface area (Å²) in [5.74, 6) is 3.46. The summed E-state index contributed by atoms with van der Waals surface area (Å²) in [5, 5.41) is 7.01. The molecule has 32 heavy (non-hydrogen) atoms. The highest BCUT2D eigenvalue weighted by atomic mass is 127. The first-order valence-corrected chi connectivity index (χ1v) is 11.6. The van der Waals surface area contributed by atoms with E-state index in [1.54, 1.807) is 0 Å². The summed E-state index contributed by atoms with van der Waals surface area (Å²) < 4.78 is 5.76. The molecular formula is C25H38IN5O. The standard InChI is InChI=1S/C25H37N5O.HI/c1-4-26-25(28-16-12-21-8-10-23(11-9-21)31-19-20(2)3)29-22-13-17-30(18-14-22)24-7-5-6-15-27-24;/h5-11,15,20,22H,4,12-14,16-19H2,1-3H3,(H2,26,28,29);1H. The van der Waals surface area contributed by atoms with Gasteiger partial charge in [0, 0.05) is 38.4 Å². The first-order chi connectivity index (χ1) is 15.1. The Balaban J connectivity index is 0.00000363. The van der Waals surface area contributed by atoms with Gasteiger partial charge in [-0.15, -0.1) is 24.0 Å². The lowest BCUT2D eigenvalue weighted by Crippen LogP contribution is -2.49. The molecular weight excluding hydrogens is 513 g/mol. The van der Waals surface area contributed by atoms with Crippen LogP contribution in [0.1, 0.15) is 39.2 Å². The average molecular weight is 552 g/mol. The fraction of sp³-hybridized carbons (Fsp3) is 0.520. The molecule has 1 aliphatic heterocycles. The molecule has 2 aromatic rings. The van der Waals surface area contributed by atoms with Gasteiger partial charge in [-0.05, 0) is 61.9 Å². The second-order valence-corrected chi connectivity index (χ2v) is 8.45. The van der Waals surface area contributed by atoms with Gasteiger partial charge in [0.25, 0.3) is 0 Å². The number of hydrogen-bond donors (Lipinski definition) is 2. The van der Waals surface area contributed by atoms with Crippen LogP contribution in [0.3, 0.4) is 0 Å². The van der Waals surface area contributed by atoms with E-state index in [0.717, 1.165) is 69.6 Å². The van der Waals surface area contributed by atoms with E-state index in [1.807, 2.05) is 12.3 Å². The fourth-order valence-electron chi connectivity index (χ4n) is 3.62. The van der Waals surface area contributed by atoms with Crippen molar-refractivity contribution in [3.8, 4) is 5.75 Å².